The molecule has 4 nitrogen and oxygen atoms in total. The largest absolute Gasteiger partial charge is 0.490 e. The minimum atomic E-state index is -0.430. The topological polar surface area (TPSA) is 58.9 Å². The van der Waals surface area contributed by atoms with Crippen LogP contribution in [0.5, 0.6) is 11.5 Å². The van der Waals surface area contributed by atoms with Crippen molar-refractivity contribution in [3.05, 3.63) is 239 Å². The molecule has 0 spiro atoms. The predicted molar refractivity (Wildman–Crippen MR) is 273 cm³/mol. The maximum absolute atomic E-state index is 10.1. The zero-order valence-electron chi connectivity index (χ0n) is 38.4. The molecule has 0 saturated heterocycles. The highest BCUT2D eigenvalue weighted by Gasteiger charge is 2.31. The van der Waals surface area contributed by atoms with Crippen molar-refractivity contribution in [2.24, 2.45) is 0 Å². The van der Waals surface area contributed by atoms with E-state index in [0.717, 1.165) is 66.4 Å². The van der Waals surface area contributed by atoms with Gasteiger partial charge >= 0.3 is 0 Å². The standard InChI is InChI=1S/C62H58O4/c1-61(2,51-38-47(36-43-18-7-5-8-19-43)59(65-34-32-63)57(41-51)55-30-15-24-45-22-11-13-28-53(45)55)49-26-17-27-50(40-49)62(3,4)52-39-48(37-44-20-9-6-10-21-44)60(66-35-33-64)58(42-52)56-31-16-25-46-23-12-14-29-54(46)56/h5-31,38-42,63-64H,32-37H2,1-4H3. The molecule has 0 aliphatic heterocycles. The minimum absolute atomic E-state index is 0.0782. The molecule has 0 aliphatic carbocycles. The Kier molecular flexibility index (Phi) is 12.9. The average Bonchev–Trinajstić information content (AvgIpc) is 3.35. The summed E-state index contributed by atoms with van der Waals surface area (Å²) in [7, 11) is 0. The summed E-state index contributed by atoms with van der Waals surface area (Å²) in [4.78, 5) is 0. The Bertz CT molecular complexity index is 2890. The SMILES string of the molecule is CC(C)(c1cccc(C(C)(C)c2cc(Cc3ccccc3)c(OCCO)c(-c3cccc4ccccc34)c2)c1)c1cc(Cc2ccccc2)c(OCCO)c(-c2cccc3ccccc23)c1. The second kappa shape index (κ2) is 19.2. The molecule has 0 radical (unpaired) electrons. The summed E-state index contributed by atoms with van der Waals surface area (Å²) in [6.07, 6.45) is 1.36. The van der Waals surface area contributed by atoms with Crippen molar-refractivity contribution in [3.63, 3.8) is 0 Å². The average molecular weight is 867 g/mol. The molecule has 0 aliphatic rings. The Morgan fingerprint density at radius 1 is 0.364 bits per heavy atom. The Balaban J connectivity index is 1.20. The van der Waals surface area contributed by atoms with E-state index >= 15 is 0 Å². The number of aliphatic hydroxyl groups excluding tert-OH is 2. The quantitative estimate of drug-likeness (QED) is 0.102. The monoisotopic (exact) mass is 866 g/mol. The van der Waals surface area contributed by atoms with Crippen molar-refractivity contribution in [1.82, 2.24) is 0 Å². The van der Waals surface area contributed by atoms with Crippen LogP contribution < -0.4 is 9.47 Å². The van der Waals surface area contributed by atoms with Crippen LogP contribution in [0.15, 0.2) is 194 Å². The van der Waals surface area contributed by atoms with Gasteiger partial charge in [-0.1, -0.05) is 210 Å². The van der Waals surface area contributed by atoms with Gasteiger partial charge in [0.1, 0.15) is 24.7 Å². The summed E-state index contributed by atoms with van der Waals surface area (Å²) in [6, 6.07) is 69.5. The second-order valence-electron chi connectivity index (χ2n) is 18.4. The third-order valence-electron chi connectivity index (χ3n) is 13.4. The van der Waals surface area contributed by atoms with Gasteiger partial charge in [0.2, 0.25) is 0 Å². The molecule has 4 heteroatoms. The number of fused-ring (bicyclic) bond motifs is 2. The van der Waals surface area contributed by atoms with Crippen LogP contribution in [0.2, 0.25) is 0 Å². The second-order valence-corrected chi connectivity index (χ2v) is 18.4. The van der Waals surface area contributed by atoms with Crippen molar-refractivity contribution in [3.8, 4) is 33.8 Å². The van der Waals surface area contributed by atoms with E-state index in [9.17, 15) is 10.2 Å². The lowest BCUT2D eigenvalue weighted by Gasteiger charge is -2.33. The fourth-order valence-electron chi connectivity index (χ4n) is 9.58. The maximum Gasteiger partial charge on any atom is 0.130 e. The molecule has 0 heterocycles. The maximum atomic E-state index is 10.1. The highest BCUT2D eigenvalue weighted by atomic mass is 16.5. The van der Waals surface area contributed by atoms with E-state index in [4.69, 9.17) is 9.47 Å². The molecule has 0 unspecified atom stereocenters. The summed E-state index contributed by atoms with van der Waals surface area (Å²) in [6.45, 7) is 9.54. The highest BCUT2D eigenvalue weighted by molar-refractivity contribution is 5.99. The molecule has 0 saturated carbocycles. The van der Waals surface area contributed by atoms with Crippen LogP contribution in [-0.4, -0.2) is 36.6 Å². The number of benzene rings is 9. The molecule has 0 fully saturated rings. The lowest BCUT2D eigenvalue weighted by atomic mass is 9.72. The first-order valence-corrected chi connectivity index (χ1v) is 23.1. The smallest absolute Gasteiger partial charge is 0.130 e. The zero-order chi connectivity index (χ0) is 45.7. The van der Waals surface area contributed by atoms with Gasteiger partial charge in [-0.3, -0.25) is 0 Å². The fourth-order valence-corrected chi connectivity index (χ4v) is 9.58. The molecular weight excluding hydrogens is 809 g/mol. The number of aliphatic hydroxyl groups is 2. The lowest BCUT2D eigenvalue weighted by Crippen LogP contribution is -2.24. The van der Waals surface area contributed by atoms with E-state index in [-0.39, 0.29) is 26.4 Å². The first kappa shape index (κ1) is 44.2. The van der Waals surface area contributed by atoms with Crippen molar-refractivity contribution >= 4 is 21.5 Å². The first-order chi connectivity index (χ1) is 32.1. The van der Waals surface area contributed by atoms with Crippen molar-refractivity contribution < 1.29 is 19.7 Å². The van der Waals surface area contributed by atoms with E-state index in [2.05, 4.69) is 222 Å². The summed E-state index contributed by atoms with van der Waals surface area (Å²) >= 11 is 0. The van der Waals surface area contributed by atoms with Gasteiger partial charge in [-0.25, -0.2) is 0 Å². The summed E-state index contributed by atoms with van der Waals surface area (Å²) in [5.74, 6) is 1.61. The molecule has 0 amide bonds. The van der Waals surface area contributed by atoms with E-state index in [1.807, 2.05) is 0 Å². The summed E-state index contributed by atoms with van der Waals surface area (Å²) in [5.41, 5.74) is 12.7. The lowest BCUT2D eigenvalue weighted by molar-refractivity contribution is 0.201. The van der Waals surface area contributed by atoms with Crippen LogP contribution in [0, 0.1) is 0 Å². The Morgan fingerprint density at radius 2 is 0.742 bits per heavy atom. The molecule has 2 N–H and O–H groups in total. The summed E-state index contributed by atoms with van der Waals surface area (Å²) < 4.78 is 13.1. The Hall–Kier alpha value is -6.98. The van der Waals surface area contributed by atoms with Gasteiger partial charge in [-0.05, 0) is 89.3 Å². The minimum Gasteiger partial charge on any atom is -0.490 e. The number of ether oxygens (including phenoxy) is 2. The van der Waals surface area contributed by atoms with Crippen LogP contribution in [-0.2, 0) is 23.7 Å². The third-order valence-corrected chi connectivity index (χ3v) is 13.4. The molecular formula is C62H58O4. The normalized spacial score (nSPS) is 11.8. The zero-order valence-corrected chi connectivity index (χ0v) is 38.4. The number of rotatable bonds is 16. The van der Waals surface area contributed by atoms with Crippen LogP contribution in [0.1, 0.15) is 72.2 Å². The molecule has 9 aromatic carbocycles. The van der Waals surface area contributed by atoms with Crippen molar-refractivity contribution in [2.45, 2.75) is 51.4 Å². The van der Waals surface area contributed by atoms with E-state index in [1.165, 1.54) is 33.4 Å². The van der Waals surface area contributed by atoms with Gasteiger partial charge in [0.05, 0.1) is 13.2 Å². The molecule has 0 atom stereocenters. The van der Waals surface area contributed by atoms with Crippen LogP contribution in [0.3, 0.4) is 0 Å². The van der Waals surface area contributed by atoms with Crippen LogP contribution >= 0.6 is 0 Å². The van der Waals surface area contributed by atoms with Gasteiger partial charge in [0.25, 0.3) is 0 Å². The molecule has 0 aromatic heterocycles. The van der Waals surface area contributed by atoms with Crippen molar-refractivity contribution in [1.29, 1.82) is 0 Å². The number of hydrogen-bond donors (Lipinski definition) is 2. The first-order valence-electron chi connectivity index (χ1n) is 23.1. The van der Waals surface area contributed by atoms with Crippen LogP contribution in [0.4, 0.5) is 0 Å². The van der Waals surface area contributed by atoms with Gasteiger partial charge in [0.15, 0.2) is 0 Å². The van der Waals surface area contributed by atoms with Gasteiger partial charge in [0, 0.05) is 34.8 Å². The van der Waals surface area contributed by atoms with E-state index in [1.54, 1.807) is 0 Å². The Morgan fingerprint density at radius 3 is 1.17 bits per heavy atom. The predicted octanol–water partition coefficient (Wildman–Crippen LogP) is 13.9. The third kappa shape index (κ3) is 9.00. The molecule has 0 bridgehead atoms. The van der Waals surface area contributed by atoms with Gasteiger partial charge in [-0.15, -0.1) is 0 Å². The summed E-state index contributed by atoms with van der Waals surface area (Å²) in [5, 5.41) is 24.7. The van der Waals surface area contributed by atoms with E-state index < -0.39 is 10.8 Å². The highest BCUT2D eigenvalue weighted by Crippen LogP contribution is 2.46. The number of hydrogen-bond acceptors (Lipinski definition) is 4. The Labute approximate surface area is 389 Å². The van der Waals surface area contributed by atoms with Gasteiger partial charge < -0.3 is 19.7 Å². The molecule has 66 heavy (non-hydrogen) atoms. The van der Waals surface area contributed by atoms with Crippen molar-refractivity contribution in [2.75, 3.05) is 26.4 Å². The molecule has 330 valence electrons. The van der Waals surface area contributed by atoms with Gasteiger partial charge in [-0.2, -0.15) is 0 Å². The van der Waals surface area contributed by atoms with Crippen LogP contribution in [0.25, 0.3) is 43.8 Å². The molecule has 9 rings (SSSR count). The molecule has 9 aromatic rings. The fraction of sp³-hybridized carbons (Fsp3) is 0.194. The van der Waals surface area contributed by atoms with E-state index in [0.29, 0.717) is 12.8 Å².